The molecule has 0 bridgehead atoms. The molecule has 7 nitrogen and oxygen atoms in total. The standard InChI is InChI=1S/C21H19FN4O3/c1-3-21(15-8-10-16(22)11-9-15)19(27)26(20(28)24-21)12-17-23-18(29-25-17)14-6-4-13(2)5-7-14/h4-11H,3,12H2,1-2H3,(H,24,28)/t21-/m0/s1. The van der Waals surface area contributed by atoms with Crippen LogP contribution in [0.25, 0.3) is 11.5 Å². The number of hydrogen-bond acceptors (Lipinski definition) is 5. The Morgan fingerprint density at radius 1 is 1.10 bits per heavy atom. The van der Waals surface area contributed by atoms with Crippen LogP contribution in [0.4, 0.5) is 9.18 Å². The number of aryl methyl sites for hydroxylation is 1. The normalized spacial score (nSPS) is 18.9. The summed E-state index contributed by atoms with van der Waals surface area (Å²) in [7, 11) is 0. The first-order valence-electron chi connectivity index (χ1n) is 9.23. The first kappa shape index (κ1) is 18.8. The summed E-state index contributed by atoms with van der Waals surface area (Å²) in [5.74, 6) is -0.315. The number of aromatic nitrogens is 2. The Morgan fingerprint density at radius 2 is 1.79 bits per heavy atom. The summed E-state index contributed by atoms with van der Waals surface area (Å²) in [6.45, 7) is 3.64. The van der Waals surface area contributed by atoms with Crippen molar-refractivity contribution in [2.45, 2.75) is 32.4 Å². The van der Waals surface area contributed by atoms with Gasteiger partial charge in [0.1, 0.15) is 11.4 Å². The van der Waals surface area contributed by atoms with Crippen molar-refractivity contribution in [2.24, 2.45) is 0 Å². The van der Waals surface area contributed by atoms with Crippen LogP contribution >= 0.6 is 0 Å². The van der Waals surface area contributed by atoms with Gasteiger partial charge in [-0.2, -0.15) is 4.98 Å². The van der Waals surface area contributed by atoms with Crippen molar-refractivity contribution in [1.29, 1.82) is 0 Å². The van der Waals surface area contributed by atoms with Crippen LogP contribution in [0.5, 0.6) is 0 Å². The maximum absolute atomic E-state index is 13.3. The fourth-order valence-corrected chi connectivity index (χ4v) is 3.42. The molecule has 1 aliphatic heterocycles. The Kier molecular flexibility index (Phi) is 4.62. The quantitative estimate of drug-likeness (QED) is 0.669. The van der Waals surface area contributed by atoms with Crippen molar-refractivity contribution >= 4 is 11.9 Å². The predicted molar refractivity (Wildman–Crippen MR) is 102 cm³/mol. The van der Waals surface area contributed by atoms with Gasteiger partial charge in [-0.05, 0) is 43.2 Å². The minimum Gasteiger partial charge on any atom is -0.334 e. The summed E-state index contributed by atoms with van der Waals surface area (Å²) in [5.41, 5.74) is 1.13. The molecule has 0 spiro atoms. The lowest BCUT2D eigenvalue weighted by molar-refractivity contribution is -0.132. The first-order chi connectivity index (χ1) is 13.9. The molecule has 29 heavy (non-hydrogen) atoms. The second-order valence-corrected chi connectivity index (χ2v) is 6.97. The van der Waals surface area contributed by atoms with Gasteiger partial charge in [0.2, 0.25) is 0 Å². The topological polar surface area (TPSA) is 88.3 Å². The number of amides is 3. The van der Waals surface area contributed by atoms with E-state index >= 15 is 0 Å². The highest BCUT2D eigenvalue weighted by atomic mass is 19.1. The second kappa shape index (κ2) is 7.12. The molecule has 2 heterocycles. The highest BCUT2D eigenvalue weighted by Gasteiger charge is 2.51. The number of benzene rings is 2. The molecule has 1 N–H and O–H groups in total. The second-order valence-electron chi connectivity index (χ2n) is 6.97. The molecule has 1 saturated heterocycles. The van der Waals surface area contributed by atoms with Crippen molar-refractivity contribution in [3.8, 4) is 11.5 Å². The molecule has 0 aliphatic carbocycles. The summed E-state index contributed by atoms with van der Waals surface area (Å²) in [4.78, 5) is 31.0. The van der Waals surface area contributed by atoms with Gasteiger partial charge in [0, 0.05) is 5.56 Å². The third-order valence-corrected chi connectivity index (χ3v) is 5.11. The Labute approximate surface area is 166 Å². The fraction of sp³-hybridized carbons (Fsp3) is 0.238. The summed E-state index contributed by atoms with van der Waals surface area (Å²) in [6.07, 6.45) is 0.320. The van der Waals surface area contributed by atoms with Gasteiger partial charge in [0.25, 0.3) is 11.8 Å². The van der Waals surface area contributed by atoms with Crippen molar-refractivity contribution in [2.75, 3.05) is 0 Å². The Morgan fingerprint density at radius 3 is 2.45 bits per heavy atom. The van der Waals surface area contributed by atoms with Crippen molar-refractivity contribution in [3.05, 3.63) is 71.3 Å². The highest BCUT2D eigenvalue weighted by molar-refractivity contribution is 6.07. The van der Waals surface area contributed by atoms with Gasteiger partial charge in [-0.15, -0.1) is 0 Å². The lowest BCUT2D eigenvalue weighted by Gasteiger charge is -2.25. The zero-order chi connectivity index (χ0) is 20.6. The van der Waals surface area contributed by atoms with Gasteiger partial charge in [-0.1, -0.05) is 41.9 Å². The summed E-state index contributed by atoms with van der Waals surface area (Å²) in [6, 6.07) is 12.6. The monoisotopic (exact) mass is 394 g/mol. The fourth-order valence-electron chi connectivity index (χ4n) is 3.42. The van der Waals surface area contributed by atoms with E-state index in [-0.39, 0.29) is 12.4 Å². The zero-order valence-corrected chi connectivity index (χ0v) is 16.0. The average Bonchev–Trinajstić information content (AvgIpc) is 3.28. The average molecular weight is 394 g/mol. The molecule has 4 rings (SSSR count). The molecule has 0 radical (unpaired) electrons. The Hall–Kier alpha value is -3.55. The lowest BCUT2D eigenvalue weighted by atomic mass is 9.87. The number of imide groups is 1. The number of rotatable bonds is 5. The molecular weight excluding hydrogens is 375 g/mol. The molecular formula is C21H19FN4O3. The molecule has 2 aromatic carbocycles. The van der Waals surface area contributed by atoms with Gasteiger partial charge in [0.05, 0.1) is 6.54 Å². The van der Waals surface area contributed by atoms with Crippen LogP contribution in [0.3, 0.4) is 0 Å². The first-order valence-corrected chi connectivity index (χ1v) is 9.23. The third kappa shape index (κ3) is 3.26. The van der Waals surface area contributed by atoms with Crippen molar-refractivity contribution < 1.29 is 18.5 Å². The van der Waals surface area contributed by atoms with Gasteiger partial charge >= 0.3 is 6.03 Å². The molecule has 1 fully saturated rings. The van der Waals surface area contributed by atoms with E-state index in [1.54, 1.807) is 6.92 Å². The third-order valence-electron chi connectivity index (χ3n) is 5.11. The molecule has 148 valence electrons. The van der Waals surface area contributed by atoms with Crippen LogP contribution in [-0.4, -0.2) is 27.0 Å². The van der Waals surface area contributed by atoms with E-state index < -0.39 is 23.3 Å². The number of nitrogens with one attached hydrogen (secondary N) is 1. The summed E-state index contributed by atoms with van der Waals surface area (Å²) in [5, 5.41) is 6.64. The summed E-state index contributed by atoms with van der Waals surface area (Å²) < 4.78 is 18.6. The van der Waals surface area contributed by atoms with Crippen LogP contribution in [-0.2, 0) is 16.9 Å². The van der Waals surface area contributed by atoms with Crippen LogP contribution in [0.1, 0.15) is 30.3 Å². The SMILES string of the molecule is CC[C@@]1(c2ccc(F)cc2)NC(=O)N(Cc2noc(-c3ccc(C)cc3)n2)C1=O. The molecule has 1 aliphatic rings. The van der Waals surface area contributed by atoms with Crippen LogP contribution in [0.2, 0.25) is 0 Å². The summed E-state index contributed by atoms with van der Waals surface area (Å²) >= 11 is 0. The van der Waals surface area contributed by atoms with Crippen molar-refractivity contribution in [1.82, 2.24) is 20.4 Å². The molecule has 1 aromatic heterocycles. The van der Waals surface area contributed by atoms with Gasteiger partial charge in [0.15, 0.2) is 5.82 Å². The minimum absolute atomic E-state index is 0.122. The van der Waals surface area contributed by atoms with E-state index in [2.05, 4.69) is 15.5 Å². The van der Waals surface area contributed by atoms with E-state index in [9.17, 15) is 14.0 Å². The molecule has 8 heteroatoms. The zero-order valence-electron chi connectivity index (χ0n) is 16.0. The lowest BCUT2D eigenvalue weighted by Crippen LogP contribution is -2.43. The van der Waals surface area contributed by atoms with Crippen molar-refractivity contribution in [3.63, 3.8) is 0 Å². The predicted octanol–water partition coefficient (Wildman–Crippen LogP) is 3.54. The largest absolute Gasteiger partial charge is 0.334 e. The number of nitrogens with zero attached hydrogens (tertiary/aromatic N) is 3. The molecule has 1 atom stereocenters. The highest BCUT2D eigenvalue weighted by Crippen LogP contribution is 2.33. The number of urea groups is 1. The minimum atomic E-state index is -1.24. The Bertz CT molecular complexity index is 1060. The number of carbonyl (C=O) groups excluding carboxylic acids is 2. The van der Waals surface area contributed by atoms with Gasteiger partial charge < -0.3 is 9.84 Å². The van der Waals surface area contributed by atoms with E-state index in [0.29, 0.717) is 17.9 Å². The van der Waals surface area contributed by atoms with Crippen LogP contribution in [0.15, 0.2) is 53.1 Å². The maximum atomic E-state index is 13.3. The molecule has 0 saturated carbocycles. The molecule has 3 aromatic rings. The van der Waals surface area contributed by atoms with Crippen LogP contribution < -0.4 is 5.32 Å². The Balaban J connectivity index is 1.58. The van der Waals surface area contributed by atoms with Gasteiger partial charge in [-0.3, -0.25) is 9.69 Å². The van der Waals surface area contributed by atoms with Gasteiger partial charge in [-0.25, -0.2) is 9.18 Å². The van der Waals surface area contributed by atoms with E-state index in [1.165, 1.54) is 24.3 Å². The smallest absolute Gasteiger partial charge is 0.325 e. The number of hydrogen-bond donors (Lipinski definition) is 1. The van der Waals surface area contributed by atoms with E-state index in [4.69, 9.17) is 4.52 Å². The number of halogens is 1. The van der Waals surface area contributed by atoms with Crippen LogP contribution in [0, 0.1) is 12.7 Å². The molecule has 3 amide bonds. The van der Waals surface area contributed by atoms with E-state index in [0.717, 1.165) is 16.0 Å². The number of carbonyl (C=O) groups is 2. The maximum Gasteiger partial charge on any atom is 0.325 e. The molecule has 0 unspecified atom stereocenters. The van der Waals surface area contributed by atoms with E-state index in [1.807, 2.05) is 31.2 Å².